The monoisotopic (exact) mass is 472 g/mol. The number of ether oxygens (including phenoxy) is 1. The molecular formula is C27H40N2O3S. The smallest absolute Gasteiger partial charge is 0.303 e. The molecule has 6 heteroatoms. The van der Waals surface area contributed by atoms with E-state index in [-0.39, 0.29) is 35.5 Å². The Kier molecular flexibility index (Phi) is 7.44. The summed E-state index contributed by atoms with van der Waals surface area (Å²) in [5.74, 6) is 1.97. The molecule has 2 fully saturated rings. The van der Waals surface area contributed by atoms with Gasteiger partial charge in [-0.3, -0.25) is 14.5 Å². The third-order valence-corrected chi connectivity index (χ3v) is 9.70. The van der Waals surface area contributed by atoms with Crippen LogP contribution in [0.1, 0.15) is 72.6 Å². The van der Waals surface area contributed by atoms with Gasteiger partial charge in [-0.05, 0) is 75.1 Å². The Balaban J connectivity index is 1.65. The summed E-state index contributed by atoms with van der Waals surface area (Å²) in [6.07, 6.45) is 15.0. The van der Waals surface area contributed by atoms with Gasteiger partial charge in [0.05, 0.1) is 0 Å². The first-order valence-electron chi connectivity index (χ1n) is 12.6. The first kappa shape index (κ1) is 24.6. The fourth-order valence-corrected chi connectivity index (χ4v) is 7.77. The SMILES string of the molecule is CC(=O)NC1=CC2=C3C(OC(C)=O)CC(SCC4CCCCC4)CC3N(C)C(C)(C)C2C=C1. The number of carbonyl (C=O) groups is 2. The molecule has 3 aliphatic carbocycles. The van der Waals surface area contributed by atoms with Crippen LogP contribution >= 0.6 is 11.8 Å². The summed E-state index contributed by atoms with van der Waals surface area (Å²) >= 11 is 2.10. The van der Waals surface area contributed by atoms with Gasteiger partial charge in [0.2, 0.25) is 5.91 Å². The Hall–Kier alpha value is -1.53. The molecule has 1 heterocycles. The van der Waals surface area contributed by atoms with E-state index >= 15 is 0 Å². The summed E-state index contributed by atoms with van der Waals surface area (Å²) in [6.45, 7) is 7.66. The molecule has 1 N–H and O–H groups in total. The van der Waals surface area contributed by atoms with Gasteiger partial charge in [-0.1, -0.05) is 25.3 Å². The minimum Gasteiger partial charge on any atom is -0.458 e. The molecule has 0 bridgehead atoms. The minimum atomic E-state index is -0.216. The van der Waals surface area contributed by atoms with Crippen LogP contribution in [0.2, 0.25) is 0 Å². The van der Waals surface area contributed by atoms with Crippen molar-refractivity contribution in [1.29, 1.82) is 0 Å². The van der Waals surface area contributed by atoms with E-state index < -0.39 is 0 Å². The fraction of sp³-hybridized carbons (Fsp3) is 0.704. The number of amides is 1. The molecule has 0 saturated heterocycles. The van der Waals surface area contributed by atoms with Crippen molar-refractivity contribution in [3.8, 4) is 0 Å². The Morgan fingerprint density at radius 1 is 1.18 bits per heavy atom. The van der Waals surface area contributed by atoms with Gasteiger partial charge in [-0.15, -0.1) is 0 Å². The number of nitrogens with zero attached hydrogens (tertiary/aromatic N) is 1. The third-order valence-electron chi connectivity index (χ3n) is 8.18. The van der Waals surface area contributed by atoms with Gasteiger partial charge in [0, 0.05) is 48.7 Å². The lowest BCUT2D eigenvalue weighted by atomic mass is 9.67. The van der Waals surface area contributed by atoms with E-state index in [1.54, 1.807) is 0 Å². The molecule has 0 radical (unpaired) electrons. The van der Waals surface area contributed by atoms with Crippen molar-refractivity contribution in [2.24, 2.45) is 11.8 Å². The fourth-order valence-electron chi connectivity index (χ4n) is 6.26. The van der Waals surface area contributed by atoms with Crippen molar-refractivity contribution in [2.45, 2.75) is 95.6 Å². The second-order valence-corrected chi connectivity index (χ2v) is 12.2. The number of hydrogen-bond donors (Lipinski definition) is 1. The predicted octanol–water partition coefficient (Wildman–Crippen LogP) is 4.99. The van der Waals surface area contributed by atoms with E-state index in [1.165, 1.54) is 62.9 Å². The van der Waals surface area contributed by atoms with Gasteiger partial charge in [0.15, 0.2) is 0 Å². The van der Waals surface area contributed by atoms with Crippen LogP contribution in [0.3, 0.4) is 0 Å². The van der Waals surface area contributed by atoms with E-state index in [0.717, 1.165) is 24.5 Å². The quantitative estimate of drug-likeness (QED) is 0.571. The molecule has 1 aliphatic heterocycles. The molecule has 0 aromatic carbocycles. The van der Waals surface area contributed by atoms with Crippen molar-refractivity contribution in [1.82, 2.24) is 10.2 Å². The minimum absolute atomic E-state index is 0.0713. The number of hydrogen-bond acceptors (Lipinski definition) is 5. The van der Waals surface area contributed by atoms with Crippen LogP contribution in [0.25, 0.3) is 0 Å². The molecule has 4 atom stereocenters. The molecule has 182 valence electrons. The lowest BCUT2D eigenvalue weighted by molar-refractivity contribution is -0.146. The lowest BCUT2D eigenvalue weighted by Gasteiger charge is -2.55. The van der Waals surface area contributed by atoms with E-state index in [1.807, 2.05) is 6.08 Å². The molecule has 33 heavy (non-hydrogen) atoms. The number of rotatable bonds is 5. The Bertz CT molecular complexity index is 869. The van der Waals surface area contributed by atoms with E-state index in [9.17, 15) is 9.59 Å². The molecule has 4 unspecified atom stereocenters. The van der Waals surface area contributed by atoms with Crippen molar-refractivity contribution >= 4 is 23.6 Å². The number of allylic oxidation sites excluding steroid dienone is 2. The van der Waals surface area contributed by atoms with Gasteiger partial charge in [-0.2, -0.15) is 11.8 Å². The normalized spacial score (nSPS) is 32.0. The topological polar surface area (TPSA) is 58.6 Å². The summed E-state index contributed by atoms with van der Waals surface area (Å²) in [5, 5.41) is 3.43. The Morgan fingerprint density at radius 3 is 2.58 bits per heavy atom. The van der Waals surface area contributed by atoms with Gasteiger partial charge < -0.3 is 10.1 Å². The van der Waals surface area contributed by atoms with E-state index in [0.29, 0.717) is 5.25 Å². The zero-order chi connectivity index (χ0) is 23.8. The van der Waals surface area contributed by atoms with Crippen molar-refractivity contribution in [3.05, 3.63) is 35.1 Å². The number of esters is 1. The van der Waals surface area contributed by atoms with Crippen LogP contribution < -0.4 is 5.32 Å². The third kappa shape index (κ3) is 5.27. The highest BCUT2D eigenvalue weighted by Gasteiger charge is 2.50. The zero-order valence-electron chi connectivity index (χ0n) is 20.9. The molecule has 2 saturated carbocycles. The first-order chi connectivity index (χ1) is 15.7. The lowest BCUT2D eigenvalue weighted by Crippen LogP contribution is -2.60. The van der Waals surface area contributed by atoms with Crippen molar-refractivity contribution in [3.63, 3.8) is 0 Å². The standard InChI is InChI=1S/C27H40N2O3S/c1-17(30)28-20-11-12-23-22(13-20)26-24(29(5)27(23,3)4)14-21(15-25(26)32-18(2)31)33-16-19-9-7-6-8-10-19/h11-13,19,21,23-25H,6-10,14-16H2,1-5H3,(H,28,30). The molecule has 1 amide bonds. The second kappa shape index (κ2) is 9.99. The summed E-state index contributed by atoms with van der Waals surface area (Å²) in [6, 6.07) is 0.231. The summed E-state index contributed by atoms with van der Waals surface area (Å²) in [4.78, 5) is 26.3. The predicted molar refractivity (Wildman–Crippen MR) is 135 cm³/mol. The number of likely N-dealkylation sites (N-methyl/N-ethyl adjacent to an activating group) is 1. The van der Waals surface area contributed by atoms with Crippen molar-refractivity contribution in [2.75, 3.05) is 12.8 Å². The molecule has 4 rings (SSSR count). The van der Waals surface area contributed by atoms with Gasteiger partial charge in [0.1, 0.15) is 6.10 Å². The largest absolute Gasteiger partial charge is 0.458 e. The van der Waals surface area contributed by atoms with Crippen molar-refractivity contribution < 1.29 is 14.3 Å². The van der Waals surface area contributed by atoms with Crippen LogP contribution in [-0.2, 0) is 14.3 Å². The molecule has 0 aromatic rings. The van der Waals surface area contributed by atoms with Gasteiger partial charge in [-0.25, -0.2) is 0 Å². The van der Waals surface area contributed by atoms with Crippen LogP contribution in [0, 0.1) is 11.8 Å². The Labute approximate surface area is 203 Å². The molecule has 0 spiro atoms. The summed E-state index contributed by atoms with van der Waals surface area (Å²) in [7, 11) is 2.22. The van der Waals surface area contributed by atoms with Gasteiger partial charge in [0.25, 0.3) is 0 Å². The second-order valence-electron chi connectivity index (χ2n) is 10.8. The van der Waals surface area contributed by atoms with E-state index in [4.69, 9.17) is 4.74 Å². The molecule has 0 aromatic heterocycles. The maximum Gasteiger partial charge on any atom is 0.303 e. The molecule has 5 nitrogen and oxygen atoms in total. The highest BCUT2D eigenvalue weighted by Crippen LogP contribution is 2.49. The number of fused-ring (bicyclic) bond motifs is 2. The molecular weight excluding hydrogens is 432 g/mol. The van der Waals surface area contributed by atoms with Crippen LogP contribution in [0.5, 0.6) is 0 Å². The van der Waals surface area contributed by atoms with E-state index in [2.05, 4.69) is 55.0 Å². The number of nitrogens with one attached hydrogen (secondary N) is 1. The average Bonchev–Trinajstić information content (AvgIpc) is 2.76. The average molecular weight is 473 g/mol. The number of carbonyl (C=O) groups excluding carboxylic acids is 2. The Morgan fingerprint density at radius 2 is 1.91 bits per heavy atom. The van der Waals surface area contributed by atoms with Crippen LogP contribution in [0.15, 0.2) is 35.1 Å². The summed E-state index contributed by atoms with van der Waals surface area (Å²) in [5.41, 5.74) is 3.19. The highest BCUT2D eigenvalue weighted by molar-refractivity contribution is 7.99. The molecule has 4 aliphatic rings. The van der Waals surface area contributed by atoms with Gasteiger partial charge >= 0.3 is 5.97 Å². The first-order valence-corrected chi connectivity index (χ1v) is 13.6. The highest BCUT2D eigenvalue weighted by atomic mass is 32.2. The zero-order valence-corrected chi connectivity index (χ0v) is 21.7. The maximum atomic E-state index is 12.1. The van der Waals surface area contributed by atoms with Crippen LogP contribution in [0.4, 0.5) is 0 Å². The van der Waals surface area contributed by atoms with Crippen LogP contribution in [-0.4, -0.2) is 52.5 Å². The maximum absolute atomic E-state index is 12.1. The summed E-state index contributed by atoms with van der Waals surface area (Å²) < 4.78 is 5.99. The number of thioether (sulfide) groups is 1.